The van der Waals surface area contributed by atoms with Gasteiger partial charge in [-0.3, -0.25) is 4.79 Å². The van der Waals surface area contributed by atoms with E-state index in [-0.39, 0.29) is 13.1 Å². The summed E-state index contributed by atoms with van der Waals surface area (Å²) in [6, 6.07) is 0. The highest BCUT2D eigenvalue weighted by molar-refractivity contribution is 5.77. The molecule has 0 radical (unpaired) electrons. The maximum absolute atomic E-state index is 11.5. The molecule has 12 heavy (non-hydrogen) atoms. The highest BCUT2D eigenvalue weighted by atomic mass is 19.4. The summed E-state index contributed by atoms with van der Waals surface area (Å²) >= 11 is 0. The van der Waals surface area contributed by atoms with Crippen molar-refractivity contribution in [1.82, 2.24) is 10.6 Å². The van der Waals surface area contributed by atoms with Gasteiger partial charge in [0.1, 0.15) is 0 Å². The molecular formula is C6H11F3N2O. The Labute approximate surface area is 68.3 Å². The van der Waals surface area contributed by atoms with Crippen LogP contribution in [0.3, 0.4) is 0 Å². The van der Waals surface area contributed by atoms with Crippen LogP contribution < -0.4 is 10.6 Å². The minimum absolute atomic E-state index is 0.0395. The van der Waals surface area contributed by atoms with Gasteiger partial charge in [0, 0.05) is 6.54 Å². The molecule has 0 bridgehead atoms. The average Bonchev–Trinajstić information content (AvgIpc) is 1.84. The topological polar surface area (TPSA) is 41.1 Å². The normalized spacial score (nSPS) is 11.3. The van der Waals surface area contributed by atoms with Crippen LogP contribution in [0.5, 0.6) is 0 Å². The van der Waals surface area contributed by atoms with Crippen molar-refractivity contribution in [1.29, 1.82) is 0 Å². The third kappa shape index (κ3) is 7.33. The smallest absolute Gasteiger partial charge is 0.355 e. The Kier molecular flexibility index (Phi) is 4.65. The Bertz CT molecular complexity index is 146. The van der Waals surface area contributed by atoms with Crippen molar-refractivity contribution in [2.24, 2.45) is 0 Å². The number of hydrogen-bond donors (Lipinski definition) is 2. The number of halogens is 3. The lowest BCUT2D eigenvalue weighted by Gasteiger charge is -2.06. The fourth-order valence-electron chi connectivity index (χ4n) is 0.567. The van der Waals surface area contributed by atoms with E-state index in [1.54, 1.807) is 7.05 Å². The monoisotopic (exact) mass is 184 g/mol. The molecule has 0 heterocycles. The highest BCUT2D eigenvalue weighted by Gasteiger charge is 2.26. The number of hydrogen-bond acceptors (Lipinski definition) is 2. The molecule has 0 rings (SSSR count). The van der Waals surface area contributed by atoms with Gasteiger partial charge in [0.15, 0.2) is 0 Å². The first-order chi connectivity index (χ1) is 5.45. The zero-order valence-corrected chi connectivity index (χ0v) is 6.66. The predicted molar refractivity (Wildman–Crippen MR) is 37.6 cm³/mol. The predicted octanol–water partition coefficient (Wildman–Crippen LogP) is 0.274. The first-order valence-corrected chi connectivity index (χ1v) is 3.44. The van der Waals surface area contributed by atoms with Crippen LogP contribution in [-0.4, -0.2) is 32.2 Å². The van der Waals surface area contributed by atoms with Gasteiger partial charge < -0.3 is 10.6 Å². The van der Waals surface area contributed by atoms with E-state index in [2.05, 4.69) is 10.6 Å². The molecule has 6 heteroatoms. The van der Waals surface area contributed by atoms with E-state index in [1.165, 1.54) is 0 Å². The molecule has 0 aliphatic carbocycles. The lowest BCUT2D eigenvalue weighted by molar-refractivity contribution is -0.135. The van der Waals surface area contributed by atoms with Gasteiger partial charge in [0.05, 0.1) is 13.0 Å². The standard InChI is InChI=1S/C6H11F3N2O/c1-10-4-5(12)11-3-2-6(7,8)9/h10H,2-4H2,1H3,(H,11,12). The summed E-state index contributed by atoms with van der Waals surface area (Å²) in [7, 11) is 1.54. The van der Waals surface area contributed by atoms with Crippen molar-refractivity contribution in [2.75, 3.05) is 20.1 Å². The lowest BCUT2D eigenvalue weighted by Crippen LogP contribution is -2.34. The third-order valence-electron chi connectivity index (χ3n) is 1.07. The Balaban J connectivity index is 3.37. The largest absolute Gasteiger partial charge is 0.390 e. The van der Waals surface area contributed by atoms with E-state index in [1.807, 2.05) is 0 Å². The number of carbonyl (C=O) groups excluding carboxylic acids is 1. The van der Waals surface area contributed by atoms with Crippen LogP contribution in [0.4, 0.5) is 13.2 Å². The number of carbonyl (C=O) groups is 1. The summed E-state index contributed by atoms with van der Waals surface area (Å²) in [6.45, 7) is -0.318. The van der Waals surface area contributed by atoms with Crippen LogP contribution in [-0.2, 0) is 4.79 Å². The van der Waals surface area contributed by atoms with Crippen LogP contribution in [0, 0.1) is 0 Å². The molecule has 1 amide bonds. The van der Waals surface area contributed by atoms with Crippen LogP contribution >= 0.6 is 0 Å². The summed E-state index contributed by atoms with van der Waals surface area (Å²) in [6.07, 6.45) is -5.19. The summed E-state index contributed by atoms with van der Waals surface area (Å²) < 4.78 is 34.6. The van der Waals surface area contributed by atoms with Crippen LogP contribution in [0.15, 0.2) is 0 Å². The van der Waals surface area contributed by atoms with E-state index < -0.39 is 18.5 Å². The van der Waals surface area contributed by atoms with Crippen molar-refractivity contribution >= 4 is 5.91 Å². The molecule has 0 atom stereocenters. The summed E-state index contributed by atoms with van der Waals surface area (Å²) in [4.78, 5) is 10.6. The number of rotatable bonds is 4. The molecular weight excluding hydrogens is 173 g/mol. The molecule has 0 spiro atoms. The second kappa shape index (κ2) is 4.97. The fraction of sp³-hybridized carbons (Fsp3) is 0.833. The van der Waals surface area contributed by atoms with Crippen molar-refractivity contribution in [3.8, 4) is 0 Å². The van der Waals surface area contributed by atoms with E-state index in [9.17, 15) is 18.0 Å². The van der Waals surface area contributed by atoms with Gasteiger partial charge in [-0.05, 0) is 7.05 Å². The number of likely N-dealkylation sites (N-methyl/N-ethyl adjacent to an activating group) is 1. The second-order valence-electron chi connectivity index (χ2n) is 2.25. The van der Waals surface area contributed by atoms with Crippen molar-refractivity contribution in [2.45, 2.75) is 12.6 Å². The Hall–Kier alpha value is -0.780. The van der Waals surface area contributed by atoms with E-state index in [0.717, 1.165) is 0 Å². The van der Waals surface area contributed by atoms with E-state index in [0.29, 0.717) is 0 Å². The molecule has 0 aromatic heterocycles. The molecule has 0 unspecified atom stereocenters. The van der Waals surface area contributed by atoms with E-state index >= 15 is 0 Å². The molecule has 0 aliphatic rings. The SMILES string of the molecule is CNCC(=O)NCCC(F)(F)F. The Morgan fingerprint density at radius 1 is 1.42 bits per heavy atom. The second-order valence-corrected chi connectivity index (χ2v) is 2.25. The minimum Gasteiger partial charge on any atom is -0.355 e. The van der Waals surface area contributed by atoms with Gasteiger partial charge in [-0.25, -0.2) is 0 Å². The molecule has 3 nitrogen and oxygen atoms in total. The molecule has 0 saturated carbocycles. The van der Waals surface area contributed by atoms with Crippen molar-refractivity contribution in [3.05, 3.63) is 0 Å². The maximum Gasteiger partial charge on any atom is 0.390 e. The fourth-order valence-corrected chi connectivity index (χ4v) is 0.567. The average molecular weight is 184 g/mol. The molecule has 0 fully saturated rings. The minimum atomic E-state index is -4.20. The molecule has 0 aliphatic heterocycles. The number of amides is 1. The zero-order valence-electron chi connectivity index (χ0n) is 6.66. The quantitative estimate of drug-likeness (QED) is 0.658. The number of alkyl halides is 3. The first kappa shape index (κ1) is 11.2. The van der Waals surface area contributed by atoms with Gasteiger partial charge in [0.25, 0.3) is 0 Å². The van der Waals surface area contributed by atoms with Gasteiger partial charge in [-0.15, -0.1) is 0 Å². The summed E-state index contributed by atoms with van der Waals surface area (Å²) in [5, 5.41) is 4.64. The van der Waals surface area contributed by atoms with E-state index in [4.69, 9.17) is 0 Å². The third-order valence-corrected chi connectivity index (χ3v) is 1.07. The first-order valence-electron chi connectivity index (χ1n) is 3.44. The zero-order chi connectivity index (χ0) is 9.61. The summed E-state index contributed by atoms with van der Waals surface area (Å²) in [5.41, 5.74) is 0. The molecule has 2 N–H and O–H groups in total. The molecule has 72 valence electrons. The molecule has 0 aromatic carbocycles. The van der Waals surface area contributed by atoms with Crippen LogP contribution in [0.1, 0.15) is 6.42 Å². The van der Waals surface area contributed by atoms with Gasteiger partial charge in [0.2, 0.25) is 5.91 Å². The molecule has 0 saturated heterocycles. The van der Waals surface area contributed by atoms with Crippen molar-refractivity contribution in [3.63, 3.8) is 0 Å². The maximum atomic E-state index is 11.5. The van der Waals surface area contributed by atoms with Crippen LogP contribution in [0.25, 0.3) is 0 Å². The number of nitrogens with one attached hydrogen (secondary N) is 2. The summed E-state index contributed by atoms with van der Waals surface area (Å²) in [5.74, 6) is -0.429. The highest BCUT2D eigenvalue weighted by Crippen LogP contribution is 2.17. The Morgan fingerprint density at radius 3 is 2.42 bits per heavy atom. The van der Waals surface area contributed by atoms with Crippen molar-refractivity contribution < 1.29 is 18.0 Å². The Morgan fingerprint density at radius 2 is 2.00 bits per heavy atom. The van der Waals surface area contributed by atoms with Gasteiger partial charge in [-0.1, -0.05) is 0 Å². The van der Waals surface area contributed by atoms with Gasteiger partial charge in [-0.2, -0.15) is 13.2 Å². The lowest BCUT2D eigenvalue weighted by atomic mass is 10.4. The molecule has 0 aromatic rings. The van der Waals surface area contributed by atoms with Gasteiger partial charge >= 0.3 is 6.18 Å². The van der Waals surface area contributed by atoms with Crippen LogP contribution in [0.2, 0.25) is 0 Å².